The Morgan fingerprint density at radius 1 is 1.11 bits per heavy atom. The van der Waals surface area contributed by atoms with Crippen LogP contribution in [0.5, 0.6) is 0 Å². The first-order chi connectivity index (χ1) is 8.99. The molecule has 0 aliphatic heterocycles. The van der Waals surface area contributed by atoms with Crippen LogP contribution in [0.4, 0.5) is 0 Å². The van der Waals surface area contributed by atoms with E-state index >= 15 is 0 Å². The first-order valence-electron chi connectivity index (χ1n) is 5.89. The summed E-state index contributed by atoms with van der Waals surface area (Å²) < 4.78 is 2.06. The molecular formula is C14H14N2O3. The molecule has 0 radical (unpaired) electrons. The van der Waals surface area contributed by atoms with E-state index in [0.29, 0.717) is 5.56 Å². The fourth-order valence-corrected chi connectivity index (χ4v) is 2.08. The molecule has 0 aliphatic rings. The van der Waals surface area contributed by atoms with Gasteiger partial charge in [-0.2, -0.15) is 0 Å². The molecule has 5 heteroatoms. The second-order valence-corrected chi connectivity index (χ2v) is 4.41. The molecule has 19 heavy (non-hydrogen) atoms. The topological polar surface area (TPSA) is 65.1 Å². The van der Waals surface area contributed by atoms with Crippen LogP contribution in [0, 0.1) is 24.0 Å². The molecule has 2 rings (SSSR count). The quantitative estimate of drug-likeness (QED) is 0.481. The summed E-state index contributed by atoms with van der Waals surface area (Å²) in [4.78, 5) is 21.2. The van der Waals surface area contributed by atoms with Crippen molar-refractivity contribution in [3.8, 4) is 5.69 Å². The molecular weight excluding hydrogens is 244 g/mol. The van der Waals surface area contributed by atoms with Crippen LogP contribution in [-0.4, -0.2) is 21.8 Å². The Hall–Kier alpha value is -2.43. The zero-order chi connectivity index (χ0) is 14.0. The normalized spacial score (nSPS) is 10.4. The fraction of sp³-hybridized carbons (Fsp3) is 0.214. The number of carbonyl (C=O) groups is 1. The predicted octanol–water partition coefficient (Wildman–Crippen LogP) is 2.55. The van der Waals surface area contributed by atoms with E-state index in [0.717, 1.165) is 17.1 Å². The second kappa shape index (κ2) is 5.06. The Morgan fingerprint density at radius 2 is 1.63 bits per heavy atom. The third kappa shape index (κ3) is 2.70. The van der Waals surface area contributed by atoms with Crippen LogP contribution in [0.1, 0.15) is 21.7 Å². The molecule has 0 unspecified atom stereocenters. The maximum atomic E-state index is 11.5. The van der Waals surface area contributed by atoms with Crippen molar-refractivity contribution in [1.29, 1.82) is 0 Å². The van der Waals surface area contributed by atoms with Crippen molar-refractivity contribution >= 4 is 5.78 Å². The van der Waals surface area contributed by atoms with Crippen LogP contribution in [0.15, 0.2) is 36.4 Å². The Balaban J connectivity index is 2.29. The molecule has 1 heterocycles. The van der Waals surface area contributed by atoms with Crippen LogP contribution in [0.3, 0.4) is 0 Å². The van der Waals surface area contributed by atoms with Gasteiger partial charge in [0.15, 0.2) is 0 Å². The van der Waals surface area contributed by atoms with Crippen LogP contribution < -0.4 is 0 Å². The van der Waals surface area contributed by atoms with E-state index in [1.165, 1.54) is 0 Å². The first-order valence-corrected chi connectivity index (χ1v) is 5.89. The number of hydrogen-bond acceptors (Lipinski definition) is 3. The average molecular weight is 258 g/mol. The Kier molecular flexibility index (Phi) is 3.46. The number of nitrogens with zero attached hydrogens (tertiary/aromatic N) is 2. The summed E-state index contributed by atoms with van der Waals surface area (Å²) in [6.45, 7) is 3.33. The van der Waals surface area contributed by atoms with Crippen molar-refractivity contribution in [3.63, 3.8) is 0 Å². The van der Waals surface area contributed by atoms with Gasteiger partial charge >= 0.3 is 0 Å². The average Bonchev–Trinajstić information content (AvgIpc) is 2.68. The molecule has 0 saturated carbocycles. The Morgan fingerprint density at radius 3 is 2.11 bits per heavy atom. The van der Waals surface area contributed by atoms with E-state index in [4.69, 9.17) is 0 Å². The highest BCUT2D eigenvalue weighted by Crippen LogP contribution is 2.17. The highest BCUT2D eigenvalue weighted by Gasteiger charge is 2.12. The summed E-state index contributed by atoms with van der Waals surface area (Å²) in [7, 11) is 0. The van der Waals surface area contributed by atoms with Gasteiger partial charge in [0.05, 0.1) is 0 Å². The van der Waals surface area contributed by atoms with Crippen LogP contribution in [0.25, 0.3) is 5.69 Å². The lowest BCUT2D eigenvalue weighted by Crippen LogP contribution is -2.13. The molecule has 98 valence electrons. The second-order valence-electron chi connectivity index (χ2n) is 4.41. The van der Waals surface area contributed by atoms with Gasteiger partial charge in [0, 0.05) is 27.6 Å². The van der Waals surface area contributed by atoms with Crippen molar-refractivity contribution in [2.45, 2.75) is 13.8 Å². The number of aryl methyl sites for hydroxylation is 2. The summed E-state index contributed by atoms with van der Waals surface area (Å²) >= 11 is 0. The molecule has 0 amide bonds. The molecule has 0 bridgehead atoms. The monoisotopic (exact) mass is 258 g/mol. The fourth-order valence-electron chi connectivity index (χ4n) is 2.08. The number of benzene rings is 1. The summed E-state index contributed by atoms with van der Waals surface area (Å²) in [5.41, 5.74) is 3.50. The Labute approximate surface area is 110 Å². The molecule has 1 aromatic heterocycles. The van der Waals surface area contributed by atoms with Gasteiger partial charge in [-0.15, -0.1) is 0 Å². The molecule has 0 saturated heterocycles. The molecule has 0 spiro atoms. The van der Waals surface area contributed by atoms with E-state index in [1.807, 2.05) is 26.0 Å². The number of rotatable bonds is 4. The van der Waals surface area contributed by atoms with Crippen molar-refractivity contribution in [2.24, 2.45) is 0 Å². The zero-order valence-corrected chi connectivity index (χ0v) is 10.8. The lowest BCUT2D eigenvalue weighted by Gasteiger charge is -2.09. The van der Waals surface area contributed by atoms with E-state index in [2.05, 4.69) is 4.57 Å². The number of carbonyl (C=O) groups excluding carboxylic acids is 1. The highest BCUT2D eigenvalue weighted by molar-refractivity contribution is 5.97. The van der Waals surface area contributed by atoms with Gasteiger partial charge in [0.1, 0.15) is 0 Å². The summed E-state index contributed by atoms with van der Waals surface area (Å²) in [6, 6.07) is 10.9. The van der Waals surface area contributed by atoms with Gasteiger partial charge in [0.25, 0.3) is 6.54 Å². The lowest BCUT2D eigenvalue weighted by molar-refractivity contribution is -0.465. The maximum Gasteiger partial charge on any atom is 0.265 e. The van der Waals surface area contributed by atoms with Crippen LogP contribution >= 0.6 is 0 Å². The molecule has 2 aromatic rings. The zero-order valence-electron chi connectivity index (χ0n) is 10.8. The maximum absolute atomic E-state index is 11.5. The standard InChI is InChI=1S/C14H14N2O3/c1-10-3-4-11(2)16(10)13-7-5-12(6-8-13)14(17)9-15(18)19/h3-8H,9H2,1-2H3. The molecule has 0 atom stereocenters. The van der Waals surface area contributed by atoms with Crippen molar-refractivity contribution in [1.82, 2.24) is 4.57 Å². The molecule has 0 aliphatic carbocycles. The first kappa shape index (κ1) is 13.0. The number of ketones is 1. The third-order valence-corrected chi connectivity index (χ3v) is 2.99. The minimum Gasteiger partial charge on any atom is -0.319 e. The van der Waals surface area contributed by atoms with Gasteiger partial charge in [-0.25, -0.2) is 0 Å². The number of hydrogen-bond donors (Lipinski definition) is 0. The predicted molar refractivity (Wildman–Crippen MR) is 71.4 cm³/mol. The third-order valence-electron chi connectivity index (χ3n) is 2.99. The van der Waals surface area contributed by atoms with Crippen molar-refractivity contribution < 1.29 is 9.72 Å². The van der Waals surface area contributed by atoms with E-state index < -0.39 is 17.3 Å². The minimum atomic E-state index is -0.666. The van der Waals surface area contributed by atoms with E-state index in [1.54, 1.807) is 24.3 Å². The Bertz CT molecular complexity index is 607. The van der Waals surface area contributed by atoms with E-state index in [-0.39, 0.29) is 0 Å². The molecule has 0 N–H and O–H groups in total. The number of aromatic nitrogens is 1. The van der Waals surface area contributed by atoms with E-state index in [9.17, 15) is 14.9 Å². The largest absolute Gasteiger partial charge is 0.319 e. The van der Waals surface area contributed by atoms with Gasteiger partial charge < -0.3 is 4.57 Å². The minimum absolute atomic E-state index is 0.364. The number of nitro groups is 1. The summed E-state index contributed by atoms with van der Waals surface area (Å²) in [5, 5.41) is 10.3. The molecule has 0 fully saturated rings. The SMILES string of the molecule is Cc1ccc(C)n1-c1ccc(C(=O)C[N+](=O)[O-])cc1. The van der Waals surface area contributed by atoms with Gasteiger partial charge in [-0.1, -0.05) is 0 Å². The van der Waals surface area contributed by atoms with Crippen molar-refractivity contribution in [3.05, 3.63) is 63.5 Å². The highest BCUT2D eigenvalue weighted by atomic mass is 16.6. The van der Waals surface area contributed by atoms with Gasteiger partial charge in [-0.3, -0.25) is 14.9 Å². The summed E-state index contributed by atoms with van der Waals surface area (Å²) in [6.07, 6.45) is 0. The van der Waals surface area contributed by atoms with Crippen LogP contribution in [0.2, 0.25) is 0 Å². The van der Waals surface area contributed by atoms with Crippen LogP contribution in [-0.2, 0) is 0 Å². The lowest BCUT2D eigenvalue weighted by atomic mass is 10.1. The van der Waals surface area contributed by atoms with Crippen molar-refractivity contribution in [2.75, 3.05) is 6.54 Å². The van der Waals surface area contributed by atoms with Gasteiger partial charge in [-0.05, 0) is 50.2 Å². The molecule has 1 aromatic carbocycles. The number of Topliss-reactive ketones (excluding diaryl/α,β-unsaturated/α-hetero) is 1. The summed E-state index contributed by atoms with van der Waals surface area (Å²) in [5.74, 6) is -0.475. The molecule has 5 nitrogen and oxygen atoms in total. The van der Waals surface area contributed by atoms with Gasteiger partial charge in [0.2, 0.25) is 5.78 Å². The smallest absolute Gasteiger partial charge is 0.265 e.